The van der Waals surface area contributed by atoms with E-state index in [0.717, 1.165) is 5.56 Å². The van der Waals surface area contributed by atoms with E-state index in [-0.39, 0.29) is 5.91 Å². The Morgan fingerprint density at radius 2 is 1.41 bits per heavy atom. The van der Waals surface area contributed by atoms with Crippen LogP contribution in [0.15, 0.2) is 30.3 Å². The number of thioether (sulfide) groups is 1. The third-order valence-electron chi connectivity index (χ3n) is 5.65. The average Bonchev–Trinajstić information content (AvgIpc) is 2.60. The molecule has 1 saturated heterocycles. The van der Waals surface area contributed by atoms with E-state index in [2.05, 4.69) is 16.7 Å². The molecule has 1 aromatic rings. The maximum Gasteiger partial charge on any atom is 0.254 e. The highest BCUT2D eigenvalue weighted by molar-refractivity contribution is 8.00. The number of benzene rings is 1. The van der Waals surface area contributed by atoms with Crippen molar-refractivity contribution in [3.05, 3.63) is 35.9 Å². The zero-order chi connectivity index (χ0) is 14.9. The molecular weight excluding hydrogens is 290 g/mol. The summed E-state index contributed by atoms with van der Waals surface area (Å²) in [6.45, 7) is 0. The molecular formula is C19H25NOS. The first kappa shape index (κ1) is 14.6. The third kappa shape index (κ3) is 2.58. The molecule has 0 radical (unpaired) electrons. The van der Waals surface area contributed by atoms with E-state index in [9.17, 15) is 4.79 Å². The second-order valence-electron chi connectivity index (χ2n) is 7.00. The number of hydrogen-bond acceptors (Lipinski definition) is 2. The summed E-state index contributed by atoms with van der Waals surface area (Å²) in [5.74, 6) is 0.287. The molecule has 0 aromatic heterocycles. The van der Waals surface area contributed by atoms with Gasteiger partial charge in [0.05, 0.1) is 0 Å². The highest BCUT2D eigenvalue weighted by atomic mass is 32.2. The van der Waals surface area contributed by atoms with Crippen LogP contribution >= 0.6 is 11.8 Å². The molecule has 3 aliphatic rings. The van der Waals surface area contributed by atoms with Crippen LogP contribution in [0.25, 0.3) is 0 Å². The van der Waals surface area contributed by atoms with Crippen molar-refractivity contribution in [2.24, 2.45) is 0 Å². The van der Waals surface area contributed by atoms with Crippen LogP contribution in [0.4, 0.5) is 0 Å². The van der Waals surface area contributed by atoms with Gasteiger partial charge in [0.25, 0.3) is 5.91 Å². The van der Waals surface area contributed by atoms with Gasteiger partial charge in [0, 0.05) is 28.1 Å². The normalized spacial score (nSPS) is 34.6. The summed E-state index contributed by atoms with van der Waals surface area (Å²) in [5.41, 5.74) is 0.878. The molecule has 118 valence electrons. The minimum atomic E-state index is 0.287. The first-order valence-electron chi connectivity index (χ1n) is 8.88. The highest BCUT2D eigenvalue weighted by Crippen LogP contribution is 2.46. The fourth-order valence-corrected chi connectivity index (χ4v) is 6.56. The number of hydrogen-bond donors (Lipinski definition) is 0. The number of rotatable bonds is 1. The van der Waals surface area contributed by atoms with Crippen LogP contribution in [0, 0.1) is 0 Å². The average molecular weight is 315 g/mol. The van der Waals surface area contributed by atoms with Crippen molar-refractivity contribution in [2.45, 2.75) is 74.0 Å². The Bertz CT molecular complexity index is 509. The molecule has 1 aromatic carbocycles. The molecule has 2 aliphatic carbocycles. The van der Waals surface area contributed by atoms with Gasteiger partial charge in [-0.15, -0.1) is 0 Å². The fraction of sp³-hybridized carbons (Fsp3) is 0.632. The summed E-state index contributed by atoms with van der Waals surface area (Å²) in [4.78, 5) is 15.6. The Balaban J connectivity index is 1.67. The quantitative estimate of drug-likeness (QED) is 0.760. The molecule has 4 rings (SSSR count). The Hall–Kier alpha value is -0.960. The molecule has 0 N–H and O–H groups in total. The minimum absolute atomic E-state index is 0.287. The van der Waals surface area contributed by atoms with Gasteiger partial charge in [-0.05, 0) is 37.8 Å². The van der Waals surface area contributed by atoms with Gasteiger partial charge in [0.15, 0.2) is 0 Å². The molecule has 2 nitrogen and oxygen atoms in total. The minimum Gasteiger partial charge on any atom is -0.330 e. The molecule has 1 aliphatic heterocycles. The van der Waals surface area contributed by atoms with Crippen molar-refractivity contribution in [1.82, 2.24) is 4.90 Å². The number of carbonyl (C=O) groups excluding carboxylic acids is 1. The van der Waals surface area contributed by atoms with Gasteiger partial charge in [-0.2, -0.15) is 11.8 Å². The van der Waals surface area contributed by atoms with Crippen molar-refractivity contribution in [3.8, 4) is 0 Å². The first-order valence-corrected chi connectivity index (χ1v) is 9.82. The van der Waals surface area contributed by atoms with Crippen LogP contribution in [-0.2, 0) is 0 Å². The van der Waals surface area contributed by atoms with Crippen molar-refractivity contribution < 1.29 is 4.79 Å². The van der Waals surface area contributed by atoms with Gasteiger partial charge in [-0.25, -0.2) is 0 Å². The van der Waals surface area contributed by atoms with Gasteiger partial charge >= 0.3 is 0 Å². The van der Waals surface area contributed by atoms with E-state index in [4.69, 9.17) is 0 Å². The van der Waals surface area contributed by atoms with Gasteiger partial charge < -0.3 is 4.90 Å². The lowest BCUT2D eigenvalue weighted by atomic mass is 9.86. The largest absolute Gasteiger partial charge is 0.330 e. The molecule has 22 heavy (non-hydrogen) atoms. The SMILES string of the molecule is O=C(c1ccccc1)N1[C@@H]2CCCC[C@@H]2S[C@H]2CCCC[C@H]21. The van der Waals surface area contributed by atoms with E-state index in [0.29, 0.717) is 22.6 Å². The number of nitrogens with zero attached hydrogens (tertiary/aromatic N) is 1. The molecule has 2 saturated carbocycles. The van der Waals surface area contributed by atoms with Crippen molar-refractivity contribution in [1.29, 1.82) is 0 Å². The maximum absolute atomic E-state index is 13.2. The maximum atomic E-state index is 13.2. The summed E-state index contributed by atoms with van der Waals surface area (Å²) >= 11 is 2.22. The number of amides is 1. The van der Waals surface area contributed by atoms with Gasteiger partial charge in [0.2, 0.25) is 0 Å². The summed E-state index contributed by atoms with van der Waals surface area (Å²) in [5, 5.41) is 1.36. The lowest BCUT2D eigenvalue weighted by molar-refractivity contribution is 0.0437. The number of fused-ring (bicyclic) bond motifs is 2. The molecule has 4 atom stereocenters. The molecule has 3 heteroatoms. The Morgan fingerprint density at radius 3 is 2.00 bits per heavy atom. The van der Waals surface area contributed by atoms with E-state index < -0.39 is 0 Å². The van der Waals surface area contributed by atoms with E-state index in [1.807, 2.05) is 30.3 Å². The summed E-state index contributed by atoms with van der Waals surface area (Å²) < 4.78 is 0. The van der Waals surface area contributed by atoms with Crippen LogP contribution < -0.4 is 0 Å². The molecule has 3 fully saturated rings. The third-order valence-corrected chi connectivity index (χ3v) is 7.45. The second kappa shape index (κ2) is 6.27. The summed E-state index contributed by atoms with van der Waals surface area (Å²) in [6, 6.07) is 10.9. The summed E-state index contributed by atoms with van der Waals surface area (Å²) in [6.07, 6.45) is 10.3. The zero-order valence-electron chi connectivity index (χ0n) is 13.1. The molecule has 0 unspecified atom stereocenters. The predicted octanol–water partition coefficient (Wildman–Crippen LogP) is 4.50. The van der Waals surface area contributed by atoms with Crippen LogP contribution in [0.5, 0.6) is 0 Å². The zero-order valence-corrected chi connectivity index (χ0v) is 13.9. The van der Waals surface area contributed by atoms with Crippen LogP contribution in [-0.4, -0.2) is 33.4 Å². The van der Waals surface area contributed by atoms with Crippen molar-refractivity contribution in [2.75, 3.05) is 0 Å². The Kier molecular flexibility index (Phi) is 4.17. The van der Waals surface area contributed by atoms with E-state index >= 15 is 0 Å². The highest BCUT2D eigenvalue weighted by Gasteiger charge is 2.46. The second-order valence-corrected chi connectivity index (χ2v) is 8.48. The van der Waals surface area contributed by atoms with Crippen LogP contribution in [0.3, 0.4) is 0 Å². The van der Waals surface area contributed by atoms with Gasteiger partial charge in [-0.1, -0.05) is 43.9 Å². The smallest absolute Gasteiger partial charge is 0.254 e. The van der Waals surface area contributed by atoms with Gasteiger partial charge in [-0.3, -0.25) is 4.79 Å². The monoisotopic (exact) mass is 315 g/mol. The Morgan fingerprint density at radius 1 is 0.864 bits per heavy atom. The van der Waals surface area contributed by atoms with Gasteiger partial charge in [0.1, 0.15) is 0 Å². The standard InChI is InChI=1S/C19H25NOS/c21-19(14-8-2-1-3-9-14)20-15-10-4-6-12-17(15)22-18-13-7-5-11-16(18)20/h1-3,8-9,15-18H,4-7,10-13H2/t15-,16-,17+,18+/m1/s1. The molecule has 0 bridgehead atoms. The van der Waals surface area contributed by atoms with E-state index in [1.165, 1.54) is 51.4 Å². The van der Waals surface area contributed by atoms with Crippen molar-refractivity contribution in [3.63, 3.8) is 0 Å². The molecule has 1 amide bonds. The summed E-state index contributed by atoms with van der Waals surface area (Å²) in [7, 11) is 0. The predicted molar refractivity (Wildman–Crippen MR) is 92.3 cm³/mol. The van der Waals surface area contributed by atoms with Crippen molar-refractivity contribution >= 4 is 17.7 Å². The number of carbonyl (C=O) groups is 1. The van der Waals surface area contributed by atoms with Crippen LogP contribution in [0.1, 0.15) is 61.7 Å². The van der Waals surface area contributed by atoms with E-state index in [1.54, 1.807) is 0 Å². The van der Waals surface area contributed by atoms with Crippen LogP contribution in [0.2, 0.25) is 0 Å². The first-order chi connectivity index (χ1) is 10.8. The molecule has 1 heterocycles. The topological polar surface area (TPSA) is 20.3 Å². The lowest BCUT2D eigenvalue weighted by Gasteiger charge is -2.53. The lowest BCUT2D eigenvalue weighted by Crippen LogP contribution is -2.60. The molecule has 0 spiro atoms. The fourth-order valence-electron chi connectivity index (χ4n) is 4.61. The Labute approximate surface area is 137 Å².